The Balaban J connectivity index is -0.000000213. The number of para-hydroxylation sites is 2. The van der Waals surface area contributed by atoms with Crippen molar-refractivity contribution in [3.05, 3.63) is 24.3 Å². The fraction of sp³-hybridized carbons (Fsp3) is 0. The van der Waals surface area contributed by atoms with Gasteiger partial charge in [0.1, 0.15) is 0 Å². The average molecular weight is 205 g/mol. The van der Waals surface area contributed by atoms with Gasteiger partial charge in [0, 0.05) is 16.8 Å². The molecule has 5 heteroatoms. The average Bonchev–Trinajstić information content (AvgIpc) is 1.77. The van der Waals surface area contributed by atoms with E-state index < -0.39 is 0 Å². The molecule has 6 N–H and O–H groups in total. The van der Waals surface area contributed by atoms with Crippen molar-refractivity contribution in [2.24, 2.45) is 0 Å². The van der Waals surface area contributed by atoms with E-state index in [2.05, 4.69) is 0 Å². The van der Waals surface area contributed by atoms with Crippen molar-refractivity contribution in [2.75, 3.05) is 0 Å². The first-order chi connectivity index (χ1) is 3.80. The van der Waals surface area contributed by atoms with E-state index in [4.69, 9.17) is 10.2 Å². The van der Waals surface area contributed by atoms with Gasteiger partial charge in [0.05, 0.1) is 0 Å². The summed E-state index contributed by atoms with van der Waals surface area (Å²) in [7, 11) is 0. The Morgan fingerprint density at radius 2 is 1.09 bits per heavy atom. The molecule has 0 saturated carbocycles. The third-order valence-corrected chi connectivity index (χ3v) is 0.882. The second kappa shape index (κ2) is 7.35. The fourth-order valence-electron chi connectivity index (χ4n) is 0.464. The number of hydrogen-bond acceptors (Lipinski definition) is 2. The molecule has 1 aromatic rings. The predicted octanol–water partition coefficient (Wildman–Crippen LogP) is -0.554. The van der Waals surface area contributed by atoms with Gasteiger partial charge in [-0.1, -0.05) is 12.1 Å². The summed E-state index contributed by atoms with van der Waals surface area (Å²) in [6.45, 7) is 0. The Labute approximate surface area is 74.3 Å². The molecule has 0 aromatic heterocycles. The van der Waals surface area contributed by atoms with E-state index in [1.54, 1.807) is 12.1 Å². The number of phenolic OH excluding ortho intramolecular Hbond substituents is 2. The second-order valence-electron chi connectivity index (χ2n) is 1.49. The number of rotatable bonds is 0. The molecule has 0 saturated heterocycles. The summed E-state index contributed by atoms with van der Waals surface area (Å²) < 4.78 is 0. The molecule has 0 aliphatic heterocycles. The standard InChI is InChI=1S/C6H6O2.Co.2H2O/c7-5-3-1-2-4-6(5)8;;;/h1-4,7-8H;;2*1H2. The van der Waals surface area contributed by atoms with E-state index in [-0.39, 0.29) is 39.2 Å². The number of aromatic hydroxyl groups is 2. The summed E-state index contributed by atoms with van der Waals surface area (Å²) in [6.07, 6.45) is 0. The zero-order valence-corrected chi connectivity index (χ0v) is 6.58. The fourth-order valence-corrected chi connectivity index (χ4v) is 0.464. The van der Waals surface area contributed by atoms with Crippen LogP contribution in [0.15, 0.2) is 24.3 Å². The molecule has 0 atom stereocenters. The van der Waals surface area contributed by atoms with Gasteiger partial charge in [-0.3, -0.25) is 0 Å². The maximum Gasteiger partial charge on any atom is 0.157 e. The minimum atomic E-state index is -0.0764. The molecule has 67 valence electrons. The minimum Gasteiger partial charge on any atom is -0.504 e. The van der Waals surface area contributed by atoms with E-state index in [0.29, 0.717) is 0 Å². The number of benzene rings is 1. The van der Waals surface area contributed by atoms with Crippen LogP contribution in [0.1, 0.15) is 0 Å². The molecule has 0 unspecified atom stereocenters. The van der Waals surface area contributed by atoms with E-state index in [1.807, 2.05) is 0 Å². The Morgan fingerprint density at radius 1 is 0.818 bits per heavy atom. The van der Waals surface area contributed by atoms with Gasteiger partial charge >= 0.3 is 0 Å². The minimum absolute atomic E-state index is 0. The van der Waals surface area contributed by atoms with Gasteiger partial charge in [0.2, 0.25) is 0 Å². The normalized spacial score (nSPS) is 6.55. The molecule has 0 aliphatic rings. The van der Waals surface area contributed by atoms with Crippen LogP contribution in [-0.4, -0.2) is 21.2 Å². The molecule has 0 fully saturated rings. The van der Waals surface area contributed by atoms with Gasteiger partial charge < -0.3 is 21.2 Å². The second-order valence-corrected chi connectivity index (χ2v) is 1.49. The first-order valence-electron chi connectivity index (χ1n) is 2.27. The topological polar surface area (TPSA) is 103 Å². The van der Waals surface area contributed by atoms with E-state index in [9.17, 15) is 0 Å². The maximum absolute atomic E-state index is 8.67. The van der Waals surface area contributed by atoms with Crippen molar-refractivity contribution in [1.82, 2.24) is 0 Å². The van der Waals surface area contributed by atoms with Crippen molar-refractivity contribution in [2.45, 2.75) is 0 Å². The molecular weight excluding hydrogens is 195 g/mol. The first-order valence-corrected chi connectivity index (χ1v) is 2.27. The van der Waals surface area contributed by atoms with Gasteiger partial charge in [-0.05, 0) is 12.1 Å². The van der Waals surface area contributed by atoms with E-state index >= 15 is 0 Å². The summed E-state index contributed by atoms with van der Waals surface area (Å²) in [4.78, 5) is 0. The SMILES string of the molecule is O.O.Oc1ccccc1O.[Co]. The van der Waals surface area contributed by atoms with Crippen molar-refractivity contribution in [1.29, 1.82) is 0 Å². The third-order valence-electron chi connectivity index (χ3n) is 0.882. The molecule has 0 bridgehead atoms. The molecule has 0 heterocycles. The molecule has 11 heavy (non-hydrogen) atoms. The number of phenols is 2. The van der Waals surface area contributed by atoms with Crippen molar-refractivity contribution in [3.63, 3.8) is 0 Å². The quantitative estimate of drug-likeness (QED) is 0.554. The van der Waals surface area contributed by atoms with Crippen molar-refractivity contribution >= 4 is 0 Å². The van der Waals surface area contributed by atoms with Gasteiger partial charge in [-0.2, -0.15) is 0 Å². The van der Waals surface area contributed by atoms with Gasteiger partial charge in [0.25, 0.3) is 0 Å². The van der Waals surface area contributed by atoms with Crippen LogP contribution >= 0.6 is 0 Å². The van der Waals surface area contributed by atoms with Crippen LogP contribution in [0.5, 0.6) is 11.5 Å². The van der Waals surface area contributed by atoms with Gasteiger partial charge in [-0.15, -0.1) is 0 Å². The van der Waals surface area contributed by atoms with Crippen LogP contribution in [0.4, 0.5) is 0 Å². The van der Waals surface area contributed by atoms with Crippen LogP contribution in [0, 0.1) is 0 Å². The molecule has 0 spiro atoms. The maximum atomic E-state index is 8.67. The van der Waals surface area contributed by atoms with Crippen LogP contribution in [0.2, 0.25) is 0 Å². The molecule has 0 aliphatic carbocycles. The van der Waals surface area contributed by atoms with Crippen molar-refractivity contribution < 1.29 is 37.9 Å². The van der Waals surface area contributed by atoms with Gasteiger partial charge in [-0.25, -0.2) is 0 Å². The summed E-state index contributed by atoms with van der Waals surface area (Å²) in [6, 6.07) is 6.15. The molecule has 4 nitrogen and oxygen atoms in total. The van der Waals surface area contributed by atoms with Crippen molar-refractivity contribution in [3.8, 4) is 11.5 Å². The zero-order valence-electron chi connectivity index (χ0n) is 5.54. The van der Waals surface area contributed by atoms with E-state index in [0.717, 1.165) is 0 Å². The zero-order chi connectivity index (χ0) is 5.98. The van der Waals surface area contributed by atoms with Gasteiger partial charge in [0.15, 0.2) is 11.5 Å². The number of hydrogen-bond donors (Lipinski definition) is 2. The monoisotopic (exact) mass is 205 g/mol. The molecule has 1 radical (unpaired) electrons. The predicted molar refractivity (Wildman–Crippen MR) is 37.0 cm³/mol. The summed E-state index contributed by atoms with van der Waals surface area (Å²) in [5, 5.41) is 17.3. The smallest absolute Gasteiger partial charge is 0.157 e. The van der Waals surface area contributed by atoms with Crippen LogP contribution in [0.3, 0.4) is 0 Å². The Kier molecular flexibility index (Phi) is 11.2. The molecular formula is C6H10CoO4. The first kappa shape index (κ1) is 16.7. The molecule has 1 rings (SSSR count). The Hall–Kier alpha value is -0.754. The largest absolute Gasteiger partial charge is 0.504 e. The summed E-state index contributed by atoms with van der Waals surface area (Å²) >= 11 is 0. The van der Waals surface area contributed by atoms with Crippen LogP contribution in [-0.2, 0) is 16.8 Å². The van der Waals surface area contributed by atoms with Crippen LogP contribution in [0.25, 0.3) is 0 Å². The Bertz CT molecular complexity index is 171. The molecule has 0 amide bonds. The summed E-state index contributed by atoms with van der Waals surface area (Å²) in [5.41, 5.74) is 0. The van der Waals surface area contributed by atoms with E-state index in [1.165, 1.54) is 12.1 Å². The third kappa shape index (κ3) is 4.62. The molecule has 1 aromatic carbocycles. The van der Waals surface area contributed by atoms with Crippen LogP contribution < -0.4 is 0 Å². The summed E-state index contributed by atoms with van der Waals surface area (Å²) in [5.74, 6) is -0.153. The Morgan fingerprint density at radius 3 is 1.27 bits per heavy atom.